The summed E-state index contributed by atoms with van der Waals surface area (Å²) in [4.78, 5) is 17.6. The summed E-state index contributed by atoms with van der Waals surface area (Å²) in [6, 6.07) is 6.28. The highest BCUT2D eigenvalue weighted by Gasteiger charge is 2.22. The van der Waals surface area contributed by atoms with Crippen LogP contribution in [0.2, 0.25) is 10.0 Å². The summed E-state index contributed by atoms with van der Waals surface area (Å²) in [6.45, 7) is 0. The van der Waals surface area contributed by atoms with Gasteiger partial charge < -0.3 is 5.32 Å². The van der Waals surface area contributed by atoms with Crippen molar-refractivity contribution >= 4 is 44.6 Å². The van der Waals surface area contributed by atoms with E-state index in [2.05, 4.69) is 20.5 Å². The summed E-state index contributed by atoms with van der Waals surface area (Å²) in [5.74, 6) is -2.25. The fourth-order valence-electron chi connectivity index (χ4n) is 3.12. The Morgan fingerprint density at radius 1 is 1.00 bits per heavy atom. The molecule has 0 aliphatic heterocycles. The van der Waals surface area contributed by atoms with Crippen LogP contribution in [0.15, 0.2) is 59.9 Å². The lowest BCUT2D eigenvalue weighted by atomic mass is 10.0. The maximum absolute atomic E-state index is 15.0. The van der Waals surface area contributed by atoms with Gasteiger partial charge in [0.1, 0.15) is 11.6 Å². The van der Waals surface area contributed by atoms with Crippen LogP contribution in [0.5, 0.6) is 0 Å². The lowest BCUT2D eigenvalue weighted by molar-refractivity contribution is 0.102. The molecule has 4 rings (SSSR count). The van der Waals surface area contributed by atoms with Crippen molar-refractivity contribution < 1.29 is 22.0 Å². The van der Waals surface area contributed by atoms with Gasteiger partial charge in [-0.1, -0.05) is 29.3 Å². The van der Waals surface area contributed by atoms with Gasteiger partial charge in [0.15, 0.2) is 15.7 Å². The van der Waals surface area contributed by atoms with E-state index in [1.807, 2.05) is 0 Å². The Bertz CT molecular complexity index is 1530. The molecule has 0 fully saturated rings. The summed E-state index contributed by atoms with van der Waals surface area (Å²) in [5.41, 5.74) is -0.318. The fraction of sp³-hybridized carbons (Fsp3) is 0.0476. The number of hydrogen-bond acceptors (Lipinski definition) is 6. The molecule has 1 amide bonds. The van der Waals surface area contributed by atoms with Crippen LogP contribution in [0.4, 0.5) is 14.5 Å². The number of nitrogens with zero attached hydrogens (tertiary/aromatic N) is 4. The van der Waals surface area contributed by atoms with E-state index in [1.54, 1.807) is 0 Å². The van der Waals surface area contributed by atoms with Crippen molar-refractivity contribution in [2.45, 2.75) is 4.90 Å². The SMILES string of the molecule is CS(=O)(=O)c1cc(F)ccc1-c1cc(Cl)c(C(=O)Nc2cnc(-n3nccn3)c(Cl)c2)cc1F. The highest BCUT2D eigenvalue weighted by molar-refractivity contribution is 7.90. The molecule has 4 aromatic rings. The van der Waals surface area contributed by atoms with Crippen LogP contribution < -0.4 is 5.32 Å². The molecule has 0 radical (unpaired) electrons. The Hall–Kier alpha value is -3.41. The zero-order valence-electron chi connectivity index (χ0n) is 17.1. The number of amides is 1. The van der Waals surface area contributed by atoms with Gasteiger partial charge >= 0.3 is 0 Å². The largest absolute Gasteiger partial charge is 0.320 e. The average Bonchev–Trinajstić information content (AvgIpc) is 3.29. The van der Waals surface area contributed by atoms with Crippen LogP contribution in [0.1, 0.15) is 10.4 Å². The second-order valence-corrected chi connectivity index (χ2v) is 9.83. The predicted octanol–water partition coefficient (Wildman–Crippen LogP) is 4.57. The quantitative estimate of drug-likeness (QED) is 0.410. The van der Waals surface area contributed by atoms with Gasteiger partial charge in [-0.05, 0) is 30.3 Å². The molecular weight excluding hydrogens is 511 g/mol. The molecule has 0 aliphatic carbocycles. The third-order valence-electron chi connectivity index (χ3n) is 4.62. The number of carbonyl (C=O) groups excluding carboxylic acids is 1. The molecule has 0 unspecified atom stereocenters. The smallest absolute Gasteiger partial charge is 0.257 e. The number of benzene rings is 2. The van der Waals surface area contributed by atoms with Crippen molar-refractivity contribution in [2.24, 2.45) is 0 Å². The second-order valence-electron chi connectivity index (χ2n) is 7.03. The van der Waals surface area contributed by atoms with E-state index in [-0.39, 0.29) is 38.2 Å². The first-order chi connectivity index (χ1) is 16.0. The fourth-order valence-corrected chi connectivity index (χ4v) is 4.52. The molecule has 0 spiro atoms. The van der Waals surface area contributed by atoms with Crippen LogP contribution in [0, 0.1) is 11.6 Å². The number of rotatable bonds is 5. The average molecular weight is 524 g/mol. The molecule has 0 bridgehead atoms. The molecule has 0 saturated carbocycles. The predicted molar refractivity (Wildman–Crippen MR) is 122 cm³/mol. The molecule has 0 aliphatic rings. The van der Waals surface area contributed by atoms with E-state index in [0.29, 0.717) is 0 Å². The minimum absolute atomic E-state index is 0.0888. The first-order valence-corrected chi connectivity index (χ1v) is 12.0. The van der Waals surface area contributed by atoms with Gasteiger partial charge in [-0.25, -0.2) is 22.2 Å². The van der Waals surface area contributed by atoms with Gasteiger partial charge in [0.2, 0.25) is 0 Å². The summed E-state index contributed by atoms with van der Waals surface area (Å²) in [5, 5.41) is 10.3. The Kier molecular flexibility index (Phi) is 6.34. The summed E-state index contributed by atoms with van der Waals surface area (Å²) in [6.07, 6.45) is 5.06. The maximum Gasteiger partial charge on any atom is 0.257 e. The number of halogens is 4. The Labute approximate surface area is 202 Å². The van der Waals surface area contributed by atoms with E-state index < -0.39 is 32.3 Å². The summed E-state index contributed by atoms with van der Waals surface area (Å²) >= 11 is 12.4. The number of carbonyl (C=O) groups is 1. The van der Waals surface area contributed by atoms with Crippen molar-refractivity contribution in [3.05, 3.63) is 82.2 Å². The highest BCUT2D eigenvalue weighted by atomic mass is 35.5. The minimum atomic E-state index is -3.88. The van der Waals surface area contributed by atoms with Crippen molar-refractivity contribution in [2.75, 3.05) is 11.6 Å². The number of pyridine rings is 1. The van der Waals surface area contributed by atoms with E-state index >= 15 is 0 Å². The molecule has 174 valence electrons. The van der Waals surface area contributed by atoms with Gasteiger partial charge in [0, 0.05) is 17.4 Å². The van der Waals surface area contributed by atoms with E-state index in [4.69, 9.17) is 23.2 Å². The number of aromatic nitrogens is 4. The Morgan fingerprint density at radius 3 is 2.35 bits per heavy atom. The molecule has 8 nitrogen and oxygen atoms in total. The summed E-state index contributed by atoms with van der Waals surface area (Å²) in [7, 11) is -3.88. The van der Waals surface area contributed by atoms with Crippen molar-refractivity contribution in [1.82, 2.24) is 20.0 Å². The molecule has 0 atom stereocenters. The molecule has 1 N–H and O–H groups in total. The van der Waals surface area contributed by atoms with Crippen LogP contribution >= 0.6 is 23.2 Å². The highest BCUT2D eigenvalue weighted by Crippen LogP contribution is 2.34. The zero-order chi connectivity index (χ0) is 24.6. The van der Waals surface area contributed by atoms with Crippen LogP contribution in [0.25, 0.3) is 16.9 Å². The van der Waals surface area contributed by atoms with Crippen LogP contribution in [-0.2, 0) is 9.84 Å². The Balaban J connectivity index is 1.66. The van der Waals surface area contributed by atoms with Crippen molar-refractivity contribution in [3.8, 4) is 16.9 Å². The monoisotopic (exact) mass is 523 g/mol. The van der Waals surface area contributed by atoms with E-state index in [0.717, 1.165) is 36.6 Å². The molecule has 34 heavy (non-hydrogen) atoms. The number of sulfone groups is 1. The molecule has 2 aromatic heterocycles. The van der Waals surface area contributed by atoms with Crippen molar-refractivity contribution in [3.63, 3.8) is 0 Å². The van der Waals surface area contributed by atoms with E-state index in [1.165, 1.54) is 29.5 Å². The number of nitrogens with one attached hydrogen (secondary N) is 1. The third kappa shape index (κ3) is 4.76. The lowest BCUT2D eigenvalue weighted by Crippen LogP contribution is -2.14. The molecular formula is C21H13Cl2F2N5O3S. The van der Waals surface area contributed by atoms with Crippen LogP contribution in [0.3, 0.4) is 0 Å². The second kappa shape index (κ2) is 9.09. The first kappa shape index (κ1) is 23.7. The third-order valence-corrected chi connectivity index (χ3v) is 6.35. The van der Waals surface area contributed by atoms with Gasteiger partial charge in [-0.2, -0.15) is 10.2 Å². The minimum Gasteiger partial charge on any atom is -0.320 e. The molecule has 0 saturated heterocycles. The van der Waals surface area contributed by atoms with Crippen LogP contribution in [-0.4, -0.2) is 40.6 Å². The lowest BCUT2D eigenvalue weighted by Gasteiger charge is -2.13. The molecule has 2 heterocycles. The zero-order valence-corrected chi connectivity index (χ0v) is 19.5. The topological polar surface area (TPSA) is 107 Å². The standard InChI is InChI=1S/C21H13Cl2F2N5O3S/c1-34(32,33)19-6-11(24)2-3-13(19)14-8-16(22)15(9-18(14)25)21(31)29-12-7-17(23)20(26-10-12)30-27-4-5-28-30/h2-10H,1H3,(H,29,31). The first-order valence-electron chi connectivity index (χ1n) is 9.37. The number of hydrogen-bond donors (Lipinski definition) is 1. The number of anilines is 1. The summed E-state index contributed by atoms with van der Waals surface area (Å²) < 4.78 is 52.7. The van der Waals surface area contributed by atoms with Gasteiger partial charge in [0.05, 0.1) is 44.8 Å². The van der Waals surface area contributed by atoms with Gasteiger partial charge in [-0.3, -0.25) is 4.79 Å². The van der Waals surface area contributed by atoms with E-state index in [9.17, 15) is 22.0 Å². The Morgan fingerprint density at radius 2 is 1.71 bits per heavy atom. The molecule has 13 heteroatoms. The maximum atomic E-state index is 15.0. The van der Waals surface area contributed by atoms with Gasteiger partial charge in [0.25, 0.3) is 5.91 Å². The van der Waals surface area contributed by atoms with Gasteiger partial charge in [-0.15, -0.1) is 4.80 Å². The molecule has 2 aromatic carbocycles. The van der Waals surface area contributed by atoms with Crippen molar-refractivity contribution in [1.29, 1.82) is 0 Å². The normalized spacial score (nSPS) is 11.4.